The van der Waals surface area contributed by atoms with Crippen molar-refractivity contribution in [3.05, 3.63) is 0 Å². The highest BCUT2D eigenvalue weighted by molar-refractivity contribution is 5.79. The van der Waals surface area contributed by atoms with Gasteiger partial charge in [0.15, 0.2) is 0 Å². The van der Waals surface area contributed by atoms with Gasteiger partial charge in [-0.15, -0.1) is 6.42 Å². The third kappa shape index (κ3) is 6.58. The van der Waals surface area contributed by atoms with Gasteiger partial charge in [-0.3, -0.25) is 9.69 Å². The Kier molecular flexibility index (Phi) is 9.23. The number of terminal acetylenes is 1. The maximum Gasteiger partial charge on any atom is 0.235 e. The average molecular weight is 270 g/mol. The van der Waals surface area contributed by atoms with Crippen molar-refractivity contribution in [1.82, 2.24) is 10.2 Å². The van der Waals surface area contributed by atoms with Crippen molar-refractivity contribution in [3.63, 3.8) is 0 Å². The number of aliphatic hydroxyl groups is 1. The van der Waals surface area contributed by atoms with E-state index in [9.17, 15) is 4.79 Å². The number of nitrogens with zero attached hydrogens (tertiary/aromatic N) is 1. The lowest BCUT2D eigenvalue weighted by Crippen LogP contribution is -2.50. The smallest absolute Gasteiger partial charge is 0.235 e. The summed E-state index contributed by atoms with van der Waals surface area (Å²) in [5, 5.41) is 11.9. The summed E-state index contributed by atoms with van der Waals surface area (Å²) < 4.78 is 4.98. The normalized spacial score (nSPS) is 11.4. The van der Waals surface area contributed by atoms with Gasteiger partial charge < -0.3 is 15.2 Å². The fourth-order valence-corrected chi connectivity index (χ4v) is 1.81. The summed E-state index contributed by atoms with van der Waals surface area (Å²) in [4.78, 5) is 13.9. The van der Waals surface area contributed by atoms with Crippen LogP contribution in [0.4, 0.5) is 0 Å². The molecule has 0 saturated heterocycles. The molecule has 19 heavy (non-hydrogen) atoms. The van der Waals surface area contributed by atoms with Crippen LogP contribution in [0, 0.1) is 12.3 Å². The molecule has 0 fully saturated rings. The number of carbonyl (C=O) groups excluding carboxylic acids is 1. The molecule has 110 valence electrons. The summed E-state index contributed by atoms with van der Waals surface area (Å²) in [6, 6.07) is 0. The lowest BCUT2D eigenvalue weighted by molar-refractivity contribution is -0.123. The summed E-state index contributed by atoms with van der Waals surface area (Å²) in [7, 11) is 1.61. The minimum Gasteiger partial charge on any atom is -0.395 e. The Hall–Kier alpha value is -1.09. The molecule has 0 heterocycles. The molecule has 0 saturated carbocycles. The molecule has 0 aliphatic carbocycles. The van der Waals surface area contributed by atoms with E-state index in [1.165, 1.54) is 0 Å². The SMILES string of the molecule is C#CC(CC)(CC)NC(=O)CN(CCO)CCOC. The topological polar surface area (TPSA) is 61.8 Å². The van der Waals surface area contributed by atoms with Crippen LogP contribution in [0.25, 0.3) is 0 Å². The van der Waals surface area contributed by atoms with Gasteiger partial charge in [0.05, 0.1) is 19.8 Å². The van der Waals surface area contributed by atoms with Crippen molar-refractivity contribution in [3.8, 4) is 12.3 Å². The van der Waals surface area contributed by atoms with Crippen LogP contribution < -0.4 is 5.32 Å². The standard InChI is InChI=1S/C14H26N2O3/c1-5-14(6-2,7-3)15-13(18)12-16(8-10-17)9-11-19-4/h1,17H,6-12H2,2-4H3,(H,15,18). The molecule has 0 bridgehead atoms. The molecule has 0 aliphatic rings. The molecule has 0 radical (unpaired) electrons. The Bertz CT molecular complexity index is 296. The molecule has 0 aliphatic heterocycles. The highest BCUT2D eigenvalue weighted by atomic mass is 16.5. The monoisotopic (exact) mass is 270 g/mol. The zero-order valence-electron chi connectivity index (χ0n) is 12.2. The van der Waals surface area contributed by atoms with E-state index in [-0.39, 0.29) is 19.1 Å². The molecule has 5 heteroatoms. The predicted octanol–water partition coefficient (Wildman–Crippen LogP) is 0.235. The van der Waals surface area contributed by atoms with Gasteiger partial charge in [-0.25, -0.2) is 0 Å². The summed E-state index contributed by atoms with van der Waals surface area (Å²) in [6.45, 7) is 5.71. The van der Waals surface area contributed by atoms with Crippen LogP contribution in [0.15, 0.2) is 0 Å². The van der Waals surface area contributed by atoms with E-state index in [2.05, 4.69) is 11.2 Å². The van der Waals surface area contributed by atoms with Gasteiger partial charge in [0.25, 0.3) is 0 Å². The quantitative estimate of drug-likeness (QED) is 0.558. The summed E-state index contributed by atoms with van der Waals surface area (Å²) >= 11 is 0. The van der Waals surface area contributed by atoms with E-state index in [1.54, 1.807) is 7.11 Å². The maximum absolute atomic E-state index is 12.0. The fraction of sp³-hybridized carbons (Fsp3) is 0.786. The maximum atomic E-state index is 12.0. The number of hydrogen-bond acceptors (Lipinski definition) is 4. The van der Waals surface area contributed by atoms with Crippen molar-refractivity contribution >= 4 is 5.91 Å². The summed E-state index contributed by atoms with van der Waals surface area (Å²) in [5.74, 6) is 2.55. The third-order valence-electron chi connectivity index (χ3n) is 3.26. The van der Waals surface area contributed by atoms with Crippen molar-refractivity contribution in [2.45, 2.75) is 32.2 Å². The second kappa shape index (κ2) is 9.79. The van der Waals surface area contributed by atoms with E-state index in [0.29, 0.717) is 32.5 Å². The van der Waals surface area contributed by atoms with Crippen LogP contribution in [0.5, 0.6) is 0 Å². The van der Waals surface area contributed by atoms with Gasteiger partial charge in [-0.05, 0) is 12.8 Å². The molecule has 0 aromatic heterocycles. The number of hydrogen-bond donors (Lipinski definition) is 2. The van der Waals surface area contributed by atoms with Crippen LogP contribution in [0.1, 0.15) is 26.7 Å². The lowest BCUT2D eigenvalue weighted by Gasteiger charge is -2.29. The number of amides is 1. The Morgan fingerprint density at radius 3 is 2.47 bits per heavy atom. The molecular formula is C14H26N2O3. The van der Waals surface area contributed by atoms with Crippen molar-refractivity contribution in [2.24, 2.45) is 0 Å². The molecule has 2 N–H and O–H groups in total. The largest absolute Gasteiger partial charge is 0.395 e. The van der Waals surface area contributed by atoms with E-state index in [0.717, 1.165) is 0 Å². The Morgan fingerprint density at radius 1 is 1.42 bits per heavy atom. The van der Waals surface area contributed by atoms with Crippen LogP contribution in [-0.2, 0) is 9.53 Å². The van der Waals surface area contributed by atoms with Crippen LogP contribution in [-0.4, -0.2) is 61.4 Å². The summed E-state index contributed by atoms with van der Waals surface area (Å²) in [6.07, 6.45) is 6.90. The number of aliphatic hydroxyl groups excluding tert-OH is 1. The highest BCUT2D eigenvalue weighted by Crippen LogP contribution is 2.13. The molecule has 0 aromatic carbocycles. The number of carbonyl (C=O) groups is 1. The van der Waals surface area contributed by atoms with Crippen molar-refractivity contribution < 1.29 is 14.6 Å². The van der Waals surface area contributed by atoms with Gasteiger partial charge in [0.2, 0.25) is 5.91 Å². The third-order valence-corrected chi connectivity index (χ3v) is 3.26. The van der Waals surface area contributed by atoms with E-state index in [4.69, 9.17) is 16.3 Å². The predicted molar refractivity (Wildman–Crippen MR) is 75.7 cm³/mol. The zero-order chi connectivity index (χ0) is 14.7. The van der Waals surface area contributed by atoms with Crippen LogP contribution in [0.2, 0.25) is 0 Å². The van der Waals surface area contributed by atoms with Crippen molar-refractivity contribution in [1.29, 1.82) is 0 Å². The first-order valence-electron chi connectivity index (χ1n) is 6.68. The van der Waals surface area contributed by atoms with Gasteiger partial charge in [0, 0.05) is 20.2 Å². The molecule has 0 aromatic rings. The Morgan fingerprint density at radius 2 is 2.05 bits per heavy atom. The number of rotatable bonds is 10. The molecule has 0 rings (SSSR count). The van der Waals surface area contributed by atoms with Crippen LogP contribution >= 0.6 is 0 Å². The molecule has 0 unspecified atom stereocenters. The summed E-state index contributed by atoms with van der Waals surface area (Å²) in [5.41, 5.74) is -0.566. The molecule has 0 atom stereocenters. The Balaban J connectivity index is 4.43. The molecular weight excluding hydrogens is 244 g/mol. The van der Waals surface area contributed by atoms with Crippen LogP contribution in [0.3, 0.4) is 0 Å². The fourth-order valence-electron chi connectivity index (χ4n) is 1.81. The second-order valence-electron chi connectivity index (χ2n) is 4.47. The van der Waals surface area contributed by atoms with E-state index >= 15 is 0 Å². The Labute approximate surface area is 116 Å². The number of methoxy groups -OCH3 is 1. The lowest BCUT2D eigenvalue weighted by atomic mass is 9.94. The first-order chi connectivity index (χ1) is 9.07. The number of nitrogens with one attached hydrogen (secondary N) is 1. The first kappa shape index (κ1) is 17.9. The molecule has 0 spiro atoms. The van der Waals surface area contributed by atoms with Gasteiger partial charge in [-0.2, -0.15) is 0 Å². The second-order valence-corrected chi connectivity index (χ2v) is 4.47. The first-order valence-corrected chi connectivity index (χ1v) is 6.68. The zero-order valence-corrected chi connectivity index (χ0v) is 12.2. The van der Waals surface area contributed by atoms with Crippen molar-refractivity contribution in [2.75, 3.05) is 40.0 Å². The molecule has 5 nitrogen and oxygen atoms in total. The van der Waals surface area contributed by atoms with Gasteiger partial charge in [0.1, 0.15) is 5.54 Å². The van der Waals surface area contributed by atoms with E-state index < -0.39 is 5.54 Å². The molecule has 1 amide bonds. The average Bonchev–Trinajstić information content (AvgIpc) is 2.42. The van der Waals surface area contributed by atoms with Gasteiger partial charge >= 0.3 is 0 Å². The highest BCUT2D eigenvalue weighted by Gasteiger charge is 2.25. The number of ether oxygens (including phenoxy) is 1. The minimum absolute atomic E-state index is 0.0127. The van der Waals surface area contributed by atoms with Gasteiger partial charge in [-0.1, -0.05) is 19.8 Å². The van der Waals surface area contributed by atoms with E-state index in [1.807, 2.05) is 18.7 Å². The minimum atomic E-state index is -0.566.